The first-order valence-corrected chi connectivity index (χ1v) is 11.5. The van der Waals surface area contributed by atoms with Gasteiger partial charge in [0.1, 0.15) is 23.9 Å². The standard InChI is InChI=1S/C28H27FN4O3/c1-19(2)32(28(35)23-11-7-8-12-25(23)36-3)18-27(34)30-26-17-24(20-9-5-4-6-10-20)31-33(26)22-15-13-21(29)14-16-22/h4-17,19H,18H2,1-3H3,(H,30,34). The highest BCUT2D eigenvalue weighted by molar-refractivity contribution is 6.01. The number of carbonyl (C=O) groups excluding carboxylic acids is 2. The van der Waals surface area contributed by atoms with Gasteiger partial charge in [0.2, 0.25) is 5.91 Å². The number of carbonyl (C=O) groups is 2. The molecule has 2 amide bonds. The van der Waals surface area contributed by atoms with Crippen LogP contribution in [0.5, 0.6) is 5.75 Å². The van der Waals surface area contributed by atoms with Crippen LogP contribution in [0, 0.1) is 5.82 Å². The lowest BCUT2D eigenvalue weighted by Crippen LogP contribution is -2.42. The Hall–Kier alpha value is -4.46. The zero-order chi connectivity index (χ0) is 25.7. The molecule has 4 rings (SSSR count). The number of hydrogen-bond donors (Lipinski definition) is 1. The molecule has 0 aliphatic heterocycles. The van der Waals surface area contributed by atoms with E-state index in [1.54, 1.807) is 47.1 Å². The monoisotopic (exact) mass is 486 g/mol. The third kappa shape index (κ3) is 5.43. The quantitative estimate of drug-likeness (QED) is 0.373. The number of benzene rings is 3. The SMILES string of the molecule is COc1ccccc1C(=O)N(CC(=O)Nc1cc(-c2ccccc2)nn1-c1ccc(F)cc1)C(C)C. The van der Waals surface area contributed by atoms with Crippen LogP contribution >= 0.6 is 0 Å². The lowest BCUT2D eigenvalue weighted by Gasteiger charge is -2.27. The fraction of sp³-hybridized carbons (Fsp3) is 0.179. The van der Waals surface area contributed by atoms with Crippen LogP contribution in [0.4, 0.5) is 10.2 Å². The molecule has 0 spiro atoms. The summed E-state index contributed by atoms with van der Waals surface area (Å²) in [6, 6.07) is 23.8. The van der Waals surface area contributed by atoms with Gasteiger partial charge in [-0.1, -0.05) is 42.5 Å². The van der Waals surface area contributed by atoms with Crippen molar-refractivity contribution < 1.29 is 18.7 Å². The number of hydrogen-bond acceptors (Lipinski definition) is 4. The maximum atomic E-state index is 13.5. The Morgan fingerprint density at radius 3 is 2.33 bits per heavy atom. The van der Waals surface area contributed by atoms with Crippen LogP contribution in [0.3, 0.4) is 0 Å². The fourth-order valence-corrected chi connectivity index (χ4v) is 3.80. The molecular weight excluding hydrogens is 459 g/mol. The predicted octanol–water partition coefficient (Wildman–Crippen LogP) is 5.18. The van der Waals surface area contributed by atoms with Crippen LogP contribution in [0.2, 0.25) is 0 Å². The molecule has 7 nitrogen and oxygen atoms in total. The Bertz CT molecular complexity index is 1350. The summed E-state index contributed by atoms with van der Waals surface area (Å²) >= 11 is 0. The molecule has 8 heteroatoms. The van der Waals surface area contributed by atoms with E-state index in [2.05, 4.69) is 10.4 Å². The van der Waals surface area contributed by atoms with E-state index in [9.17, 15) is 14.0 Å². The number of para-hydroxylation sites is 1. The van der Waals surface area contributed by atoms with Crippen molar-refractivity contribution in [2.24, 2.45) is 0 Å². The van der Waals surface area contributed by atoms with Crippen LogP contribution in [-0.2, 0) is 4.79 Å². The summed E-state index contributed by atoms with van der Waals surface area (Å²) in [5, 5.41) is 7.51. The lowest BCUT2D eigenvalue weighted by molar-refractivity contribution is -0.117. The highest BCUT2D eigenvalue weighted by Gasteiger charge is 2.25. The number of rotatable bonds is 8. The molecule has 1 heterocycles. The largest absolute Gasteiger partial charge is 0.496 e. The number of amides is 2. The van der Waals surface area contributed by atoms with E-state index in [0.29, 0.717) is 28.5 Å². The average Bonchev–Trinajstić information content (AvgIpc) is 3.31. The van der Waals surface area contributed by atoms with Gasteiger partial charge in [-0.2, -0.15) is 5.10 Å². The molecule has 36 heavy (non-hydrogen) atoms. The van der Waals surface area contributed by atoms with Gasteiger partial charge in [0, 0.05) is 17.7 Å². The molecule has 0 radical (unpaired) electrons. The van der Waals surface area contributed by atoms with Gasteiger partial charge in [-0.05, 0) is 50.2 Å². The average molecular weight is 487 g/mol. The number of nitrogens with zero attached hydrogens (tertiary/aromatic N) is 3. The molecule has 4 aromatic rings. The third-order valence-electron chi connectivity index (χ3n) is 5.65. The molecule has 184 valence electrons. The maximum Gasteiger partial charge on any atom is 0.258 e. The minimum Gasteiger partial charge on any atom is -0.496 e. The van der Waals surface area contributed by atoms with E-state index in [-0.39, 0.29) is 24.3 Å². The number of nitrogens with one attached hydrogen (secondary N) is 1. The lowest BCUT2D eigenvalue weighted by atomic mass is 10.1. The molecule has 0 bridgehead atoms. The molecule has 0 unspecified atom stereocenters. The highest BCUT2D eigenvalue weighted by Crippen LogP contribution is 2.25. The Morgan fingerprint density at radius 2 is 1.67 bits per heavy atom. The molecule has 0 aliphatic carbocycles. The van der Waals surface area contributed by atoms with Gasteiger partial charge in [0.15, 0.2) is 0 Å². The first kappa shape index (κ1) is 24.7. The van der Waals surface area contributed by atoms with Crippen molar-refractivity contribution in [1.82, 2.24) is 14.7 Å². The van der Waals surface area contributed by atoms with Crippen molar-refractivity contribution in [3.8, 4) is 22.7 Å². The summed E-state index contributed by atoms with van der Waals surface area (Å²) in [5.41, 5.74) is 2.47. The second-order valence-corrected chi connectivity index (χ2v) is 8.44. The molecule has 0 fully saturated rings. The third-order valence-corrected chi connectivity index (χ3v) is 5.65. The first-order valence-electron chi connectivity index (χ1n) is 11.5. The summed E-state index contributed by atoms with van der Waals surface area (Å²) in [6.45, 7) is 3.51. The second kappa shape index (κ2) is 10.9. The van der Waals surface area contributed by atoms with Gasteiger partial charge < -0.3 is 15.0 Å². The van der Waals surface area contributed by atoms with Crippen LogP contribution in [0.1, 0.15) is 24.2 Å². The van der Waals surface area contributed by atoms with Crippen LogP contribution in [-0.4, -0.2) is 46.2 Å². The normalized spacial score (nSPS) is 10.8. The Kier molecular flexibility index (Phi) is 7.44. The zero-order valence-electron chi connectivity index (χ0n) is 20.3. The number of halogens is 1. The highest BCUT2D eigenvalue weighted by atomic mass is 19.1. The van der Waals surface area contributed by atoms with Gasteiger partial charge in [-0.15, -0.1) is 0 Å². The number of ether oxygens (including phenoxy) is 1. The topological polar surface area (TPSA) is 76.5 Å². The summed E-state index contributed by atoms with van der Waals surface area (Å²) in [7, 11) is 1.50. The van der Waals surface area contributed by atoms with Gasteiger partial charge in [0.25, 0.3) is 5.91 Å². The molecule has 1 N–H and O–H groups in total. The first-order chi connectivity index (χ1) is 17.4. The molecule has 1 aromatic heterocycles. The number of methoxy groups -OCH3 is 1. The summed E-state index contributed by atoms with van der Waals surface area (Å²) < 4.78 is 20.4. The summed E-state index contributed by atoms with van der Waals surface area (Å²) in [6.07, 6.45) is 0. The van der Waals surface area contributed by atoms with Crippen molar-refractivity contribution in [2.75, 3.05) is 19.0 Å². The minimum atomic E-state index is -0.394. The van der Waals surface area contributed by atoms with Crippen molar-refractivity contribution in [2.45, 2.75) is 19.9 Å². The Balaban J connectivity index is 1.62. The molecule has 3 aromatic carbocycles. The van der Waals surface area contributed by atoms with Crippen LogP contribution in [0.25, 0.3) is 16.9 Å². The molecule has 0 atom stereocenters. The van der Waals surface area contributed by atoms with E-state index >= 15 is 0 Å². The summed E-state index contributed by atoms with van der Waals surface area (Å²) in [5.74, 6) is -0.235. The van der Waals surface area contributed by atoms with Crippen LogP contribution < -0.4 is 10.1 Å². The maximum absolute atomic E-state index is 13.5. The number of aromatic nitrogens is 2. The summed E-state index contributed by atoms with van der Waals surface area (Å²) in [4.78, 5) is 27.9. The number of anilines is 1. The molecule has 0 saturated heterocycles. The molecule has 0 aliphatic rings. The van der Waals surface area contributed by atoms with Gasteiger partial charge >= 0.3 is 0 Å². The molecule has 0 saturated carbocycles. The van der Waals surface area contributed by atoms with E-state index in [4.69, 9.17) is 4.74 Å². The van der Waals surface area contributed by atoms with Gasteiger partial charge in [-0.3, -0.25) is 9.59 Å². The minimum absolute atomic E-state index is 0.177. The van der Waals surface area contributed by atoms with E-state index < -0.39 is 5.91 Å². The smallest absolute Gasteiger partial charge is 0.258 e. The zero-order valence-corrected chi connectivity index (χ0v) is 20.3. The second-order valence-electron chi connectivity index (χ2n) is 8.44. The van der Waals surface area contributed by atoms with E-state index in [1.807, 2.05) is 44.2 Å². The van der Waals surface area contributed by atoms with Crippen molar-refractivity contribution in [3.05, 3.63) is 96.3 Å². The fourth-order valence-electron chi connectivity index (χ4n) is 3.80. The predicted molar refractivity (Wildman–Crippen MR) is 137 cm³/mol. The van der Waals surface area contributed by atoms with Crippen molar-refractivity contribution >= 4 is 17.6 Å². The van der Waals surface area contributed by atoms with Gasteiger partial charge in [0.05, 0.1) is 24.1 Å². The Labute approximate surface area is 209 Å². The van der Waals surface area contributed by atoms with E-state index in [1.165, 1.54) is 24.1 Å². The van der Waals surface area contributed by atoms with Crippen molar-refractivity contribution in [3.63, 3.8) is 0 Å². The molecular formula is C28H27FN4O3. The van der Waals surface area contributed by atoms with Crippen LogP contribution in [0.15, 0.2) is 84.9 Å². The van der Waals surface area contributed by atoms with Crippen molar-refractivity contribution in [1.29, 1.82) is 0 Å². The van der Waals surface area contributed by atoms with Gasteiger partial charge in [-0.25, -0.2) is 9.07 Å². The Morgan fingerprint density at radius 1 is 1.00 bits per heavy atom. The van der Waals surface area contributed by atoms with E-state index in [0.717, 1.165) is 5.56 Å².